The number of benzene rings is 1. The van der Waals surface area contributed by atoms with Crippen molar-refractivity contribution in [3.63, 3.8) is 0 Å². The third kappa shape index (κ3) is 4.26. The van der Waals surface area contributed by atoms with Crippen LogP contribution in [0.5, 0.6) is 0 Å². The molecule has 136 valence electrons. The molecule has 1 aromatic carbocycles. The van der Waals surface area contributed by atoms with E-state index in [9.17, 15) is 19.6 Å². The standard InChI is InChI=1S/C17H15BrN2O5S/c1-24-12(21)8-26-16-11(7-19)13(9-4-3-5-10(18)6-9)14(15(22)20-16)17(23)25-2/h3-6,13-14H,8H2,1-2H3,(H,20,22)/t13-,14+/m1/s1. The van der Waals surface area contributed by atoms with Crippen molar-refractivity contribution < 1.29 is 23.9 Å². The number of ether oxygens (including phenoxy) is 2. The summed E-state index contributed by atoms with van der Waals surface area (Å²) >= 11 is 4.33. The van der Waals surface area contributed by atoms with Gasteiger partial charge in [0.05, 0.1) is 36.6 Å². The van der Waals surface area contributed by atoms with Gasteiger partial charge in [-0.3, -0.25) is 14.4 Å². The number of hydrogen-bond acceptors (Lipinski definition) is 7. The molecule has 0 unspecified atom stereocenters. The van der Waals surface area contributed by atoms with Gasteiger partial charge >= 0.3 is 11.9 Å². The maximum Gasteiger partial charge on any atom is 0.319 e. The number of allylic oxidation sites excluding steroid dienone is 1. The van der Waals surface area contributed by atoms with Gasteiger partial charge in [-0.1, -0.05) is 39.8 Å². The first-order chi connectivity index (χ1) is 12.4. The number of carbonyl (C=O) groups excluding carboxylic acids is 3. The van der Waals surface area contributed by atoms with Gasteiger partial charge in [0, 0.05) is 10.4 Å². The van der Waals surface area contributed by atoms with Crippen LogP contribution in [0.15, 0.2) is 39.3 Å². The monoisotopic (exact) mass is 438 g/mol. The first-order valence-corrected chi connectivity index (χ1v) is 9.18. The normalized spacial score (nSPS) is 19.4. The van der Waals surface area contributed by atoms with Gasteiger partial charge in [0.1, 0.15) is 5.92 Å². The maximum atomic E-state index is 12.6. The van der Waals surface area contributed by atoms with Gasteiger partial charge in [-0.15, -0.1) is 0 Å². The lowest BCUT2D eigenvalue weighted by atomic mass is 9.78. The van der Waals surface area contributed by atoms with Crippen molar-refractivity contribution >= 4 is 45.5 Å². The minimum Gasteiger partial charge on any atom is -0.468 e. The van der Waals surface area contributed by atoms with Crippen LogP contribution in [0.25, 0.3) is 0 Å². The van der Waals surface area contributed by atoms with Gasteiger partial charge in [-0.25, -0.2) is 0 Å². The van der Waals surface area contributed by atoms with Gasteiger partial charge in [0.2, 0.25) is 5.91 Å². The largest absolute Gasteiger partial charge is 0.468 e. The topological polar surface area (TPSA) is 105 Å². The van der Waals surface area contributed by atoms with Crippen LogP contribution in [0.1, 0.15) is 11.5 Å². The highest BCUT2D eigenvalue weighted by molar-refractivity contribution is 9.10. The number of carbonyl (C=O) groups is 3. The van der Waals surface area contributed by atoms with Gasteiger partial charge in [0.15, 0.2) is 0 Å². The minimum atomic E-state index is -1.20. The summed E-state index contributed by atoms with van der Waals surface area (Å²) in [4.78, 5) is 36.2. The molecule has 0 saturated carbocycles. The molecule has 0 saturated heterocycles. The number of amides is 1. The molecular formula is C17H15BrN2O5S. The number of nitrogens with zero attached hydrogens (tertiary/aromatic N) is 1. The molecule has 7 nitrogen and oxygen atoms in total. The molecule has 0 bridgehead atoms. The highest BCUT2D eigenvalue weighted by Gasteiger charge is 2.44. The average Bonchev–Trinajstić information content (AvgIpc) is 2.64. The number of nitrogens with one attached hydrogen (secondary N) is 1. The zero-order valence-electron chi connectivity index (χ0n) is 13.9. The van der Waals surface area contributed by atoms with Crippen LogP contribution in [0, 0.1) is 17.2 Å². The lowest BCUT2D eigenvalue weighted by molar-refractivity contribution is -0.150. The van der Waals surface area contributed by atoms with Crippen molar-refractivity contribution in [1.82, 2.24) is 5.32 Å². The SMILES string of the molecule is COC(=O)CSC1=C(C#N)[C@@H](c2cccc(Br)c2)[C@H](C(=O)OC)C(=O)N1. The fourth-order valence-electron chi connectivity index (χ4n) is 2.57. The first kappa shape index (κ1) is 20.0. The highest BCUT2D eigenvalue weighted by Crippen LogP contribution is 2.40. The van der Waals surface area contributed by atoms with Gasteiger partial charge in [-0.05, 0) is 17.7 Å². The molecule has 1 aliphatic heterocycles. The molecule has 9 heteroatoms. The summed E-state index contributed by atoms with van der Waals surface area (Å²) in [5.41, 5.74) is 0.796. The van der Waals surface area contributed by atoms with E-state index in [-0.39, 0.29) is 16.4 Å². The van der Waals surface area contributed by atoms with Gasteiger partial charge in [-0.2, -0.15) is 5.26 Å². The average molecular weight is 439 g/mol. The molecule has 0 aromatic heterocycles. The second kappa shape index (κ2) is 8.87. The quantitative estimate of drug-likeness (QED) is 0.553. The Labute approximate surface area is 162 Å². The first-order valence-electron chi connectivity index (χ1n) is 7.41. The Bertz CT molecular complexity index is 818. The molecule has 1 aromatic rings. The van der Waals surface area contributed by atoms with E-state index < -0.39 is 29.7 Å². The van der Waals surface area contributed by atoms with Crippen molar-refractivity contribution in [3.05, 3.63) is 44.9 Å². The van der Waals surface area contributed by atoms with Crippen LogP contribution in [0.2, 0.25) is 0 Å². The summed E-state index contributed by atoms with van der Waals surface area (Å²) in [6.07, 6.45) is 0. The Morgan fingerprint density at radius 2 is 2.08 bits per heavy atom. The van der Waals surface area contributed by atoms with Crippen molar-refractivity contribution in [2.24, 2.45) is 5.92 Å². The zero-order valence-corrected chi connectivity index (χ0v) is 16.3. The van der Waals surface area contributed by atoms with Crippen LogP contribution in [-0.4, -0.2) is 37.8 Å². The summed E-state index contributed by atoms with van der Waals surface area (Å²) < 4.78 is 10.1. The number of methoxy groups -OCH3 is 2. The molecule has 0 radical (unpaired) electrons. The van der Waals surface area contributed by atoms with Crippen LogP contribution >= 0.6 is 27.7 Å². The molecule has 1 N–H and O–H groups in total. The van der Waals surface area contributed by atoms with E-state index >= 15 is 0 Å². The Morgan fingerprint density at radius 1 is 1.35 bits per heavy atom. The van der Waals surface area contributed by atoms with E-state index in [1.165, 1.54) is 14.2 Å². The molecule has 26 heavy (non-hydrogen) atoms. The smallest absolute Gasteiger partial charge is 0.319 e. The molecule has 0 aliphatic carbocycles. The van der Waals surface area contributed by atoms with Gasteiger partial charge < -0.3 is 14.8 Å². The van der Waals surface area contributed by atoms with Crippen molar-refractivity contribution in [1.29, 1.82) is 5.26 Å². The Hall–Kier alpha value is -2.31. The van der Waals surface area contributed by atoms with Crippen molar-refractivity contribution in [3.8, 4) is 6.07 Å². The number of hydrogen-bond donors (Lipinski definition) is 1. The predicted octanol–water partition coefficient (Wildman–Crippen LogP) is 2.09. The van der Waals surface area contributed by atoms with Crippen LogP contribution in [0.4, 0.5) is 0 Å². The van der Waals surface area contributed by atoms with E-state index in [1.807, 2.05) is 0 Å². The minimum absolute atomic E-state index is 0.0780. The maximum absolute atomic E-state index is 12.6. The molecule has 1 aliphatic rings. The molecule has 1 heterocycles. The lowest BCUT2D eigenvalue weighted by Gasteiger charge is -2.30. The summed E-state index contributed by atoms with van der Waals surface area (Å²) in [7, 11) is 2.43. The third-order valence-electron chi connectivity index (χ3n) is 3.75. The van der Waals surface area contributed by atoms with Crippen LogP contribution in [0.3, 0.4) is 0 Å². The van der Waals surface area contributed by atoms with Crippen molar-refractivity contribution in [2.45, 2.75) is 5.92 Å². The number of thioether (sulfide) groups is 1. The predicted molar refractivity (Wildman–Crippen MR) is 97.6 cm³/mol. The summed E-state index contributed by atoms with van der Waals surface area (Å²) in [5, 5.41) is 12.5. The Balaban J connectivity index is 2.55. The van der Waals surface area contributed by atoms with E-state index in [0.29, 0.717) is 5.56 Å². The number of rotatable bonds is 5. The Kier molecular flexibility index (Phi) is 6.83. The molecule has 2 rings (SSSR count). The number of esters is 2. The molecule has 2 atom stereocenters. The third-order valence-corrected chi connectivity index (χ3v) is 5.24. The van der Waals surface area contributed by atoms with Crippen LogP contribution in [-0.2, 0) is 23.9 Å². The zero-order chi connectivity index (χ0) is 19.3. The Morgan fingerprint density at radius 3 is 2.65 bits per heavy atom. The highest BCUT2D eigenvalue weighted by atomic mass is 79.9. The van der Waals surface area contributed by atoms with E-state index in [1.54, 1.807) is 24.3 Å². The lowest BCUT2D eigenvalue weighted by Crippen LogP contribution is -2.44. The number of halogens is 1. The molecular weight excluding hydrogens is 424 g/mol. The van der Waals surface area contributed by atoms with Gasteiger partial charge in [0.25, 0.3) is 0 Å². The van der Waals surface area contributed by atoms with Crippen molar-refractivity contribution in [2.75, 3.05) is 20.0 Å². The molecule has 1 amide bonds. The fraction of sp³-hybridized carbons (Fsp3) is 0.294. The second-order valence-corrected chi connectivity index (χ2v) is 7.14. The summed E-state index contributed by atoms with van der Waals surface area (Å²) in [5.74, 6) is -3.93. The van der Waals surface area contributed by atoms with E-state index in [2.05, 4.69) is 32.1 Å². The fourth-order valence-corrected chi connectivity index (χ4v) is 3.87. The molecule has 0 fully saturated rings. The summed E-state index contributed by atoms with van der Waals surface area (Å²) in [6, 6.07) is 9.06. The number of nitriles is 1. The van der Waals surface area contributed by atoms with Crippen LogP contribution < -0.4 is 5.32 Å². The van der Waals surface area contributed by atoms with E-state index in [4.69, 9.17) is 4.74 Å². The molecule has 0 spiro atoms. The van der Waals surface area contributed by atoms with E-state index in [0.717, 1.165) is 16.2 Å². The summed E-state index contributed by atoms with van der Waals surface area (Å²) in [6.45, 7) is 0. The second-order valence-electron chi connectivity index (χ2n) is 5.24.